The molecule has 5 heteroatoms. The fourth-order valence-corrected chi connectivity index (χ4v) is 2.62. The summed E-state index contributed by atoms with van der Waals surface area (Å²) < 4.78 is 5.39. The molecule has 1 fully saturated rings. The summed E-state index contributed by atoms with van der Waals surface area (Å²) >= 11 is 0. The van der Waals surface area contributed by atoms with Crippen LogP contribution in [0, 0.1) is 11.8 Å². The lowest BCUT2D eigenvalue weighted by molar-refractivity contribution is 0.0186. The van der Waals surface area contributed by atoms with Gasteiger partial charge in [0.2, 0.25) is 0 Å². The van der Waals surface area contributed by atoms with Gasteiger partial charge in [-0.25, -0.2) is 4.79 Å². The molecule has 0 saturated carbocycles. The number of piperidine rings is 1. The van der Waals surface area contributed by atoms with Gasteiger partial charge in [0.05, 0.1) is 5.71 Å². The minimum Gasteiger partial charge on any atom is -0.444 e. The zero-order valence-electron chi connectivity index (χ0n) is 14.1. The summed E-state index contributed by atoms with van der Waals surface area (Å²) in [6.07, 6.45) is 3.32. The number of hydrogen-bond donors (Lipinski definition) is 1. The highest BCUT2D eigenvalue weighted by Gasteiger charge is 2.27. The first-order valence-corrected chi connectivity index (χ1v) is 7.89. The number of oxime groups is 1. The molecule has 0 unspecified atom stereocenters. The van der Waals surface area contributed by atoms with E-state index in [0.717, 1.165) is 44.5 Å². The molecule has 1 amide bonds. The number of nitrogens with zero attached hydrogens (tertiary/aromatic N) is 2. The Morgan fingerprint density at radius 1 is 1.33 bits per heavy atom. The molecule has 1 rings (SSSR count). The Hall–Kier alpha value is -1.26. The van der Waals surface area contributed by atoms with Crippen LogP contribution in [-0.2, 0) is 4.74 Å². The predicted molar refractivity (Wildman–Crippen MR) is 83.8 cm³/mol. The van der Waals surface area contributed by atoms with Crippen molar-refractivity contribution in [2.75, 3.05) is 13.1 Å². The third-order valence-electron chi connectivity index (χ3n) is 3.58. The summed E-state index contributed by atoms with van der Waals surface area (Å²) in [5, 5.41) is 12.5. The quantitative estimate of drug-likeness (QED) is 0.486. The number of carbonyl (C=O) groups excluding carboxylic acids is 1. The van der Waals surface area contributed by atoms with Crippen molar-refractivity contribution < 1.29 is 14.7 Å². The van der Waals surface area contributed by atoms with Crippen molar-refractivity contribution in [3.05, 3.63) is 0 Å². The van der Waals surface area contributed by atoms with Gasteiger partial charge >= 0.3 is 6.09 Å². The molecule has 0 aromatic rings. The largest absolute Gasteiger partial charge is 0.444 e. The van der Waals surface area contributed by atoms with E-state index in [0.29, 0.717) is 11.8 Å². The first-order chi connectivity index (χ1) is 9.71. The number of hydrogen-bond acceptors (Lipinski definition) is 4. The molecule has 0 aliphatic carbocycles. The highest BCUT2D eigenvalue weighted by Crippen LogP contribution is 2.24. The first kappa shape index (κ1) is 17.8. The predicted octanol–water partition coefficient (Wildman–Crippen LogP) is 3.90. The molecule has 5 nitrogen and oxygen atoms in total. The minimum atomic E-state index is -0.443. The van der Waals surface area contributed by atoms with Gasteiger partial charge in [-0.15, -0.1) is 0 Å². The molecule has 0 radical (unpaired) electrons. The molecule has 122 valence electrons. The zero-order valence-corrected chi connectivity index (χ0v) is 14.1. The molecule has 0 atom stereocenters. The van der Waals surface area contributed by atoms with E-state index in [1.807, 2.05) is 20.8 Å². The molecule has 0 bridgehead atoms. The lowest BCUT2D eigenvalue weighted by Gasteiger charge is -2.33. The third-order valence-corrected chi connectivity index (χ3v) is 3.58. The molecule has 21 heavy (non-hydrogen) atoms. The van der Waals surface area contributed by atoms with E-state index in [1.54, 1.807) is 4.90 Å². The zero-order chi connectivity index (χ0) is 16.0. The van der Waals surface area contributed by atoms with Crippen molar-refractivity contribution in [2.24, 2.45) is 17.0 Å². The molecular formula is C16H30N2O3. The second kappa shape index (κ2) is 7.66. The fourth-order valence-electron chi connectivity index (χ4n) is 2.62. The van der Waals surface area contributed by atoms with Crippen LogP contribution in [0.3, 0.4) is 0 Å². The molecule has 0 spiro atoms. The second-order valence-corrected chi connectivity index (χ2v) is 7.38. The van der Waals surface area contributed by atoms with Gasteiger partial charge in [-0.05, 0) is 58.3 Å². The van der Waals surface area contributed by atoms with Crippen LogP contribution in [0.4, 0.5) is 4.79 Å². The van der Waals surface area contributed by atoms with Gasteiger partial charge in [0, 0.05) is 13.1 Å². The fraction of sp³-hybridized carbons (Fsp3) is 0.875. The number of carbonyl (C=O) groups is 1. The van der Waals surface area contributed by atoms with Crippen LogP contribution in [0.25, 0.3) is 0 Å². The van der Waals surface area contributed by atoms with E-state index in [-0.39, 0.29) is 6.09 Å². The van der Waals surface area contributed by atoms with Crippen LogP contribution >= 0.6 is 0 Å². The molecule has 1 aliphatic heterocycles. The Morgan fingerprint density at radius 2 is 1.90 bits per heavy atom. The van der Waals surface area contributed by atoms with E-state index in [4.69, 9.17) is 9.94 Å². The van der Waals surface area contributed by atoms with Crippen LogP contribution in [0.1, 0.15) is 60.3 Å². The molecule has 1 saturated heterocycles. The van der Waals surface area contributed by atoms with Crippen molar-refractivity contribution in [1.29, 1.82) is 0 Å². The molecule has 1 N–H and O–H groups in total. The average Bonchev–Trinajstić information content (AvgIpc) is 2.36. The van der Waals surface area contributed by atoms with Crippen LogP contribution < -0.4 is 0 Å². The smallest absolute Gasteiger partial charge is 0.410 e. The Labute approximate surface area is 128 Å². The molecular weight excluding hydrogens is 268 g/mol. The molecule has 1 heterocycles. The van der Waals surface area contributed by atoms with E-state index in [2.05, 4.69) is 19.0 Å². The van der Waals surface area contributed by atoms with Gasteiger partial charge in [0.1, 0.15) is 5.60 Å². The maximum atomic E-state index is 12.0. The van der Waals surface area contributed by atoms with E-state index >= 15 is 0 Å². The Morgan fingerprint density at radius 3 is 2.33 bits per heavy atom. The summed E-state index contributed by atoms with van der Waals surface area (Å²) in [4.78, 5) is 13.8. The van der Waals surface area contributed by atoms with Crippen molar-refractivity contribution >= 4 is 11.8 Å². The number of ether oxygens (including phenoxy) is 1. The summed E-state index contributed by atoms with van der Waals surface area (Å²) in [5.74, 6) is 0.992. The van der Waals surface area contributed by atoms with Gasteiger partial charge in [0.15, 0.2) is 0 Å². The van der Waals surface area contributed by atoms with Gasteiger partial charge in [-0.3, -0.25) is 0 Å². The lowest BCUT2D eigenvalue weighted by Crippen LogP contribution is -2.42. The normalized spacial score (nSPS) is 18.2. The SMILES string of the molecule is CC(C)C/C(CC1CCN(C(=O)OC(C)(C)C)CC1)=N/O. The first-order valence-electron chi connectivity index (χ1n) is 7.89. The Bertz CT molecular complexity index is 364. The summed E-state index contributed by atoms with van der Waals surface area (Å²) in [6, 6.07) is 0. The lowest BCUT2D eigenvalue weighted by atomic mass is 9.89. The monoisotopic (exact) mass is 298 g/mol. The van der Waals surface area contributed by atoms with Crippen molar-refractivity contribution in [1.82, 2.24) is 4.90 Å². The highest BCUT2D eigenvalue weighted by atomic mass is 16.6. The number of likely N-dealkylation sites (tertiary alicyclic amines) is 1. The summed E-state index contributed by atoms with van der Waals surface area (Å²) in [5.41, 5.74) is 0.433. The summed E-state index contributed by atoms with van der Waals surface area (Å²) in [6.45, 7) is 11.3. The van der Waals surface area contributed by atoms with Gasteiger partial charge < -0.3 is 14.8 Å². The topological polar surface area (TPSA) is 62.1 Å². The van der Waals surface area contributed by atoms with Crippen molar-refractivity contribution in [3.63, 3.8) is 0 Å². The molecule has 1 aliphatic rings. The van der Waals surface area contributed by atoms with Gasteiger partial charge in [0.25, 0.3) is 0 Å². The third kappa shape index (κ3) is 6.82. The molecule has 0 aromatic heterocycles. The maximum absolute atomic E-state index is 12.0. The van der Waals surface area contributed by atoms with Crippen LogP contribution in [0.2, 0.25) is 0 Å². The van der Waals surface area contributed by atoms with Crippen molar-refractivity contribution in [2.45, 2.75) is 65.9 Å². The minimum absolute atomic E-state index is 0.223. The van der Waals surface area contributed by atoms with E-state index in [9.17, 15) is 4.79 Å². The average molecular weight is 298 g/mol. The second-order valence-electron chi connectivity index (χ2n) is 7.38. The van der Waals surface area contributed by atoms with Crippen LogP contribution in [-0.4, -0.2) is 40.6 Å². The maximum Gasteiger partial charge on any atom is 0.410 e. The highest BCUT2D eigenvalue weighted by molar-refractivity contribution is 5.84. The number of amides is 1. The van der Waals surface area contributed by atoms with E-state index < -0.39 is 5.60 Å². The Kier molecular flexibility index (Phi) is 6.49. The van der Waals surface area contributed by atoms with Crippen LogP contribution in [0.5, 0.6) is 0 Å². The van der Waals surface area contributed by atoms with Gasteiger partial charge in [-0.1, -0.05) is 19.0 Å². The van der Waals surface area contributed by atoms with E-state index in [1.165, 1.54) is 0 Å². The van der Waals surface area contributed by atoms with Crippen molar-refractivity contribution in [3.8, 4) is 0 Å². The van der Waals surface area contributed by atoms with Crippen LogP contribution in [0.15, 0.2) is 5.16 Å². The number of rotatable bonds is 4. The Balaban J connectivity index is 2.40. The molecule has 0 aromatic carbocycles. The van der Waals surface area contributed by atoms with Gasteiger partial charge in [-0.2, -0.15) is 0 Å². The summed E-state index contributed by atoms with van der Waals surface area (Å²) in [7, 11) is 0. The standard InChI is InChI=1S/C16H30N2O3/c1-12(2)10-14(17-20)11-13-6-8-18(9-7-13)15(19)21-16(3,4)5/h12-13,20H,6-11H2,1-5H3/b17-14-.